The van der Waals surface area contributed by atoms with Crippen molar-refractivity contribution in [3.63, 3.8) is 0 Å². The van der Waals surface area contributed by atoms with E-state index in [-0.39, 0.29) is 10.6 Å². The molecule has 2 rings (SSSR count). The molecule has 112 valence electrons. The van der Waals surface area contributed by atoms with Crippen molar-refractivity contribution in [1.82, 2.24) is 4.72 Å². The van der Waals surface area contributed by atoms with E-state index in [9.17, 15) is 8.42 Å². The van der Waals surface area contributed by atoms with Gasteiger partial charge in [-0.15, -0.1) is 0 Å². The Hall–Kier alpha value is -2.05. The number of hydrogen-bond donors (Lipinski definition) is 2. The molecule has 0 saturated heterocycles. The van der Waals surface area contributed by atoms with Gasteiger partial charge in [0.05, 0.1) is 12.8 Å². The van der Waals surface area contributed by atoms with Gasteiger partial charge in [-0.3, -0.25) is 0 Å². The summed E-state index contributed by atoms with van der Waals surface area (Å²) >= 11 is 0. The molecular formula is C15H18N2O3S. The number of rotatable bonds is 6. The summed E-state index contributed by atoms with van der Waals surface area (Å²) in [5.74, 6) is 0.524. The fourth-order valence-corrected chi connectivity index (χ4v) is 3.09. The normalized spacial score (nSPS) is 11.3. The highest BCUT2D eigenvalue weighted by Crippen LogP contribution is 2.23. The second-order valence-corrected chi connectivity index (χ2v) is 6.27. The molecule has 0 radical (unpaired) electrons. The first-order valence-electron chi connectivity index (χ1n) is 6.50. The number of anilines is 1. The van der Waals surface area contributed by atoms with E-state index >= 15 is 0 Å². The Labute approximate surface area is 124 Å². The zero-order valence-corrected chi connectivity index (χ0v) is 12.6. The van der Waals surface area contributed by atoms with Crippen molar-refractivity contribution in [2.75, 3.05) is 19.4 Å². The molecule has 0 atom stereocenters. The summed E-state index contributed by atoms with van der Waals surface area (Å²) in [7, 11) is -2.12. The van der Waals surface area contributed by atoms with Crippen LogP contribution in [-0.4, -0.2) is 22.1 Å². The van der Waals surface area contributed by atoms with Gasteiger partial charge in [0.1, 0.15) is 10.6 Å². The predicted molar refractivity (Wildman–Crippen MR) is 82.7 cm³/mol. The van der Waals surface area contributed by atoms with Crippen molar-refractivity contribution in [1.29, 1.82) is 0 Å². The lowest BCUT2D eigenvalue weighted by atomic mass is 10.2. The van der Waals surface area contributed by atoms with E-state index in [1.165, 1.54) is 19.2 Å². The summed E-state index contributed by atoms with van der Waals surface area (Å²) in [6.45, 7) is 0.317. The van der Waals surface area contributed by atoms with Crippen molar-refractivity contribution in [2.24, 2.45) is 0 Å². The van der Waals surface area contributed by atoms with E-state index in [1.54, 1.807) is 6.07 Å². The lowest BCUT2D eigenvalue weighted by Gasteiger charge is -2.10. The van der Waals surface area contributed by atoms with E-state index in [0.29, 0.717) is 18.7 Å². The molecule has 5 nitrogen and oxygen atoms in total. The highest BCUT2D eigenvalue weighted by molar-refractivity contribution is 7.89. The zero-order valence-electron chi connectivity index (χ0n) is 11.7. The van der Waals surface area contributed by atoms with Crippen LogP contribution in [0.1, 0.15) is 5.56 Å². The average molecular weight is 306 g/mol. The maximum Gasteiger partial charge on any atom is 0.242 e. The number of methoxy groups -OCH3 is 1. The van der Waals surface area contributed by atoms with Crippen LogP contribution >= 0.6 is 0 Å². The molecule has 0 spiro atoms. The third-order valence-electron chi connectivity index (χ3n) is 3.06. The predicted octanol–water partition coefficient (Wildman–Crippen LogP) is 1.80. The number of hydrogen-bond acceptors (Lipinski definition) is 4. The fraction of sp³-hybridized carbons (Fsp3) is 0.200. The molecule has 0 heterocycles. The van der Waals surface area contributed by atoms with Crippen LogP contribution in [0.25, 0.3) is 0 Å². The van der Waals surface area contributed by atoms with E-state index in [2.05, 4.69) is 4.72 Å². The second kappa shape index (κ2) is 6.60. The minimum atomic E-state index is -3.62. The third kappa shape index (κ3) is 3.96. The van der Waals surface area contributed by atoms with Crippen LogP contribution in [0, 0.1) is 0 Å². The smallest absolute Gasteiger partial charge is 0.242 e. The molecular weight excluding hydrogens is 288 g/mol. The van der Waals surface area contributed by atoms with Crippen molar-refractivity contribution < 1.29 is 13.2 Å². The maximum atomic E-state index is 12.2. The van der Waals surface area contributed by atoms with Crippen LogP contribution < -0.4 is 15.2 Å². The van der Waals surface area contributed by atoms with Gasteiger partial charge >= 0.3 is 0 Å². The topological polar surface area (TPSA) is 81.4 Å². The van der Waals surface area contributed by atoms with Crippen molar-refractivity contribution in [3.8, 4) is 5.75 Å². The molecule has 2 aromatic carbocycles. The van der Waals surface area contributed by atoms with E-state index in [1.807, 2.05) is 30.3 Å². The summed E-state index contributed by atoms with van der Waals surface area (Å²) in [5.41, 5.74) is 7.01. The molecule has 0 aliphatic carbocycles. The van der Waals surface area contributed by atoms with Gasteiger partial charge in [-0.25, -0.2) is 13.1 Å². The van der Waals surface area contributed by atoms with Crippen LogP contribution in [-0.2, 0) is 16.4 Å². The molecule has 21 heavy (non-hydrogen) atoms. The minimum absolute atomic E-state index is 0.0661. The number of benzene rings is 2. The standard InChI is InChI=1S/C15H18N2O3S/c1-20-13-7-8-15(14(16)11-13)21(18,19)17-10-9-12-5-3-2-4-6-12/h2-8,11,17H,9-10,16H2,1H3. The number of nitrogens with one attached hydrogen (secondary N) is 1. The van der Waals surface area contributed by atoms with Crippen molar-refractivity contribution in [2.45, 2.75) is 11.3 Å². The van der Waals surface area contributed by atoms with Crippen molar-refractivity contribution >= 4 is 15.7 Å². The molecule has 0 bridgehead atoms. The summed E-state index contributed by atoms with van der Waals surface area (Å²) < 4.78 is 32.0. The number of nitrogen functional groups attached to an aromatic ring is 1. The number of sulfonamides is 1. The molecule has 0 aromatic heterocycles. The van der Waals surface area contributed by atoms with Gasteiger partial charge in [-0.2, -0.15) is 0 Å². The van der Waals surface area contributed by atoms with Crippen LogP contribution in [0.5, 0.6) is 5.75 Å². The van der Waals surface area contributed by atoms with Gasteiger partial charge in [-0.05, 0) is 24.1 Å². The van der Waals surface area contributed by atoms with Gasteiger partial charge in [0.2, 0.25) is 10.0 Å². The fourth-order valence-electron chi connectivity index (χ4n) is 1.95. The van der Waals surface area contributed by atoms with E-state index in [0.717, 1.165) is 5.56 Å². The van der Waals surface area contributed by atoms with Crippen molar-refractivity contribution in [3.05, 3.63) is 54.1 Å². The maximum absolute atomic E-state index is 12.2. The molecule has 0 saturated carbocycles. The second-order valence-electron chi connectivity index (χ2n) is 4.54. The van der Waals surface area contributed by atoms with Gasteiger partial charge < -0.3 is 10.5 Å². The van der Waals surface area contributed by atoms with Crippen LogP contribution in [0.2, 0.25) is 0 Å². The molecule has 3 N–H and O–H groups in total. The molecule has 0 aliphatic rings. The molecule has 0 fully saturated rings. The third-order valence-corrected chi connectivity index (χ3v) is 4.59. The quantitative estimate of drug-likeness (QED) is 0.797. The van der Waals surface area contributed by atoms with Gasteiger partial charge in [-0.1, -0.05) is 30.3 Å². The Morgan fingerprint density at radius 1 is 1.14 bits per heavy atom. The van der Waals surface area contributed by atoms with Crippen LogP contribution in [0.4, 0.5) is 5.69 Å². The van der Waals surface area contributed by atoms with Crippen LogP contribution in [0.15, 0.2) is 53.4 Å². The molecule has 6 heteroatoms. The number of nitrogens with two attached hydrogens (primary N) is 1. The zero-order chi connectivity index (χ0) is 15.3. The van der Waals surface area contributed by atoms with Gasteiger partial charge in [0, 0.05) is 12.6 Å². The summed E-state index contributed by atoms with van der Waals surface area (Å²) in [5, 5.41) is 0. The first-order chi connectivity index (χ1) is 10.0. The molecule has 0 aliphatic heterocycles. The Kier molecular flexibility index (Phi) is 4.82. The Morgan fingerprint density at radius 3 is 2.48 bits per heavy atom. The SMILES string of the molecule is COc1ccc(S(=O)(=O)NCCc2ccccc2)c(N)c1. The van der Waals surface area contributed by atoms with E-state index < -0.39 is 10.0 Å². The summed E-state index contributed by atoms with van der Waals surface area (Å²) in [6.07, 6.45) is 0.621. The Balaban J connectivity index is 2.05. The largest absolute Gasteiger partial charge is 0.497 e. The Bertz CT molecular complexity index is 700. The van der Waals surface area contributed by atoms with E-state index in [4.69, 9.17) is 10.5 Å². The monoisotopic (exact) mass is 306 g/mol. The summed E-state index contributed by atoms with van der Waals surface area (Å²) in [6, 6.07) is 14.2. The summed E-state index contributed by atoms with van der Waals surface area (Å²) in [4.78, 5) is 0.0661. The first-order valence-corrected chi connectivity index (χ1v) is 7.98. The molecule has 2 aromatic rings. The lowest BCUT2D eigenvalue weighted by molar-refractivity contribution is 0.414. The van der Waals surface area contributed by atoms with Crippen LogP contribution in [0.3, 0.4) is 0 Å². The first kappa shape index (κ1) is 15.3. The average Bonchev–Trinajstić information content (AvgIpc) is 2.47. The lowest BCUT2D eigenvalue weighted by Crippen LogP contribution is -2.26. The Morgan fingerprint density at radius 2 is 1.86 bits per heavy atom. The highest BCUT2D eigenvalue weighted by Gasteiger charge is 2.17. The van der Waals surface area contributed by atoms with Gasteiger partial charge in [0.25, 0.3) is 0 Å². The number of ether oxygens (including phenoxy) is 1. The molecule has 0 unspecified atom stereocenters. The highest BCUT2D eigenvalue weighted by atomic mass is 32.2. The van der Waals surface area contributed by atoms with Gasteiger partial charge in [0.15, 0.2) is 0 Å². The molecule has 0 amide bonds. The minimum Gasteiger partial charge on any atom is -0.497 e.